The molecule has 1 aromatic heterocycles. The zero-order valence-electron chi connectivity index (χ0n) is 14.1. The van der Waals surface area contributed by atoms with E-state index in [9.17, 15) is 0 Å². The van der Waals surface area contributed by atoms with Crippen LogP contribution in [0, 0.1) is 0 Å². The molecule has 0 radical (unpaired) electrons. The molecule has 0 aliphatic carbocycles. The number of aryl methyl sites for hydroxylation is 1. The molecule has 2 saturated heterocycles. The normalized spacial score (nSPS) is 24.8. The van der Waals surface area contributed by atoms with Crippen LogP contribution >= 0.6 is 24.0 Å². The predicted octanol–water partition coefficient (Wildman–Crippen LogP) is 1.97. The van der Waals surface area contributed by atoms with Crippen LogP contribution in [0.25, 0.3) is 0 Å². The van der Waals surface area contributed by atoms with Crippen molar-refractivity contribution in [3.8, 4) is 0 Å². The van der Waals surface area contributed by atoms with Crippen molar-refractivity contribution in [3.63, 3.8) is 0 Å². The molecule has 3 rings (SSSR count). The molecule has 0 spiro atoms. The number of hydrogen-bond acceptors (Lipinski definition) is 3. The molecule has 2 unspecified atom stereocenters. The average molecular weight is 433 g/mol. The van der Waals surface area contributed by atoms with Gasteiger partial charge in [-0.25, -0.2) is 0 Å². The van der Waals surface area contributed by atoms with Gasteiger partial charge in [-0.2, -0.15) is 5.10 Å². The molecule has 6 nitrogen and oxygen atoms in total. The monoisotopic (exact) mass is 433 g/mol. The van der Waals surface area contributed by atoms with Gasteiger partial charge in [-0.15, -0.1) is 24.0 Å². The summed E-state index contributed by atoms with van der Waals surface area (Å²) in [6.45, 7) is 6.76. The van der Waals surface area contributed by atoms with E-state index in [2.05, 4.69) is 28.4 Å². The maximum absolute atomic E-state index is 5.67. The molecule has 0 amide bonds. The summed E-state index contributed by atoms with van der Waals surface area (Å²) < 4.78 is 7.56. The molecule has 0 saturated carbocycles. The highest BCUT2D eigenvalue weighted by Gasteiger charge is 2.27. The van der Waals surface area contributed by atoms with E-state index in [4.69, 9.17) is 9.73 Å². The summed E-state index contributed by atoms with van der Waals surface area (Å²) in [5.74, 6) is 1.59. The molecule has 2 atom stereocenters. The summed E-state index contributed by atoms with van der Waals surface area (Å²) in [4.78, 5) is 7.17. The quantitative estimate of drug-likeness (QED) is 0.448. The van der Waals surface area contributed by atoms with Gasteiger partial charge in [-0.05, 0) is 31.7 Å². The second-order valence-corrected chi connectivity index (χ2v) is 6.21. The lowest BCUT2D eigenvalue weighted by Crippen LogP contribution is -2.40. The van der Waals surface area contributed by atoms with E-state index in [1.165, 1.54) is 12.0 Å². The summed E-state index contributed by atoms with van der Waals surface area (Å²) >= 11 is 0. The van der Waals surface area contributed by atoms with Gasteiger partial charge in [-0.1, -0.05) is 0 Å². The number of guanidine groups is 1. The Morgan fingerprint density at radius 3 is 3.00 bits per heavy atom. The van der Waals surface area contributed by atoms with Gasteiger partial charge in [0, 0.05) is 45.4 Å². The van der Waals surface area contributed by atoms with Crippen LogP contribution in [0.1, 0.15) is 37.7 Å². The Balaban J connectivity index is 0.00000192. The average Bonchev–Trinajstić information content (AvgIpc) is 3.24. The van der Waals surface area contributed by atoms with Crippen molar-refractivity contribution in [2.75, 3.05) is 32.8 Å². The van der Waals surface area contributed by atoms with Crippen LogP contribution < -0.4 is 5.32 Å². The first-order valence-electron chi connectivity index (χ1n) is 8.39. The Morgan fingerprint density at radius 2 is 2.35 bits per heavy atom. The Kier molecular flexibility index (Phi) is 7.13. The molecule has 3 heterocycles. The first-order valence-corrected chi connectivity index (χ1v) is 8.39. The van der Waals surface area contributed by atoms with Crippen molar-refractivity contribution in [1.82, 2.24) is 20.0 Å². The lowest BCUT2D eigenvalue weighted by atomic mass is 10.0. The molecule has 1 N–H and O–H groups in total. The van der Waals surface area contributed by atoms with Crippen molar-refractivity contribution >= 4 is 29.9 Å². The SMILES string of the molecule is CCNC(=NCC1CCCO1)N1CCC(c2cnn(C)c2)C1.I. The lowest BCUT2D eigenvalue weighted by Gasteiger charge is -2.22. The van der Waals surface area contributed by atoms with Gasteiger partial charge in [0.05, 0.1) is 18.8 Å². The van der Waals surface area contributed by atoms with Crippen LogP contribution in [0.2, 0.25) is 0 Å². The Bertz CT molecular complexity index is 512. The third-order valence-electron chi connectivity index (χ3n) is 4.49. The van der Waals surface area contributed by atoms with Crippen LogP contribution in [-0.2, 0) is 11.8 Å². The zero-order chi connectivity index (χ0) is 15.4. The minimum atomic E-state index is 0. The lowest BCUT2D eigenvalue weighted by molar-refractivity contribution is 0.117. The maximum Gasteiger partial charge on any atom is 0.194 e. The van der Waals surface area contributed by atoms with E-state index >= 15 is 0 Å². The fourth-order valence-corrected chi connectivity index (χ4v) is 3.28. The van der Waals surface area contributed by atoms with Gasteiger partial charge in [0.15, 0.2) is 5.96 Å². The molecule has 1 aromatic rings. The van der Waals surface area contributed by atoms with Crippen molar-refractivity contribution in [3.05, 3.63) is 18.0 Å². The second-order valence-electron chi connectivity index (χ2n) is 6.21. The van der Waals surface area contributed by atoms with Crippen molar-refractivity contribution in [2.24, 2.45) is 12.0 Å². The minimum Gasteiger partial charge on any atom is -0.376 e. The summed E-state index contributed by atoms with van der Waals surface area (Å²) in [7, 11) is 1.98. The Morgan fingerprint density at radius 1 is 1.48 bits per heavy atom. The summed E-state index contributed by atoms with van der Waals surface area (Å²) in [6.07, 6.45) is 7.90. The van der Waals surface area contributed by atoms with Crippen LogP contribution in [0.5, 0.6) is 0 Å². The molecule has 0 bridgehead atoms. The smallest absolute Gasteiger partial charge is 0.194 e. The van der Waals surface area contributed by atoms with Gasteiger partial charge < -0.3 is 15.0 Å². The van der Waals surface area contributed by atoms with Gasteiger partial charge >= 0.3 is 0 Å². The van der Waals surface area contributed by atoms with E-state index in [-0.39, 0.29) is 24.0 Å². The molecule has 0 aromatic carbocycles. The van der Waals surface area contributed by atoms with Crippen molar-refractivity contribution in [2.45, 2.75) is 38.2 Å². The molecule has 2 aliphatic heterocycles. The first-order chi connectivity index (χ1) is 10.8. The first kappa shape index (κ1) is 18.5. The highest BCUT2D eigenvalue weighted by Crippen LogP contribution is 2.26. The van der Waals surface area contributed by atoms with Gasteiger partial charge in [0.1, 0.15) is 0 Å². The number of nitrogens with zero attached hydrogens (tertiary/aromatic N) is 4. The molecule has 130 valence electrons. The summed E-state index contributed by atoms with van der Waals surface area (Å²) in [6, 6.07) is 0. The highest BCUT2D eigenvalue weighted by atomic mass is 127. The number of rotatable bonds is 4. The minimum absolute atomic E-state index is 0. The number of halogens is 1. The number of ether oxygens (including phenoxy) is 1. The maximum atomic E-state index is 5.67. The number of likely N-dealkylation sites (tertiary alicyclic amines) is 1. The largest absolute Gasteiger partial charge is 0.376 e. The van der Waals surface area contributed by atoms with E-state index in [1.807, 2.05) is 17.9 Å². The zero-order valence-corrected chi connectivity index (χ0v) is 16.4. The van der Waals surface area contributed by atoms with E-state index in [0.29, 0.717) is 12.0 Å². The third-order valence-corrected chi connectivity index (χ3v) is 4.49. The fourth-order valence-electron chi connectivity index (χ4n) is 3.28. The van der Waals surface area contributed by atoms with Crippen LogP contribution in [0.4, 0.5) is 0 Å². The van der Waals surface area contributed by atoms with Crippen molar-refractivity contribution in [1.29, 1.82) is 0 Å². The van der Waals surface area contributed by atoms with Crippen LogP contribution in [0.15, 0.2) is 17.4 Å². The number of nitrogens with one attached hydrogen (secondary N) is 1. The Labute approximate surface area is 155 Å². The predicted molar refractivity (Wildman–Crippen MR) is 103 cm³/mol. The molecule has 23 heavy (non-hydrogen) atoms. The molecule has 2 aliphatic rings. The van der Waals surface area contributed by atoms with Gasteiger partial charge in [0.2, 0.25) is 0 Å². The van der Waals surface area contributed by atoms with E-state index in [0.717, 1.165) is 51.6 Å². The molecular formula is C16H28IN5O. The Hall–Kier alpha value is -0.830. The van der Waals surface area contributed by atoms with E-state index in [1.54, 1.807) is 0 Å². The van der Waals surface area contributed by atoms with E-state index < -0.39 is 0 Å². The number of aromatic nitrogens is 2. The number of hydrogen-bond donors (Lipinski definition) is 1. The molecule has 2 fully saturated rings. The number of aliphatic imine (C=N–C) groups is 1. The van der Waals surface area contributed by atoms with Gasteiger partial charge in [0.25, 0.3) is 0 Å². The third kappa shape index (κ3) is 4.82. The van der Waals surface area contributed by atoms with Crippen molar-refractivity contribution < 1.29 is 4.74 Å². The second kappa shape index (κ2) is 8.86. The topological polar surface area (TPSA) is 54.7 Å². The standard InChI is InChI=1S/C16H27N5O.HI/c1-3-17-16(18-10-15-5-4-8-22-15)21-7-6-13(12-21)14-9-19-20(2)11-14;/h9,11,13,15H,3-8,10,12H2,1-2H3,(H,17,18);1H. The highest BCUT2D eigenvalue weighted by molar-refractivity contribution is 14.0. The molecule has 7 heteroatoms. The molecular weight excluding hydrogens is 405 g/mol. The summed E-state index contributed by atoms with van der Waals surface area (Å²) in [5.41, 5.74) is 1.33. The van der Waals surface area contributed by atoms with Crippen LogP contribution in [0.3, 0.4) is 0 Å². The fraction of sp³-hybridized carbons (Fsp3) is 0.750. The van der Waals surface area contributed by atoms with Crippen LogP contribution in [-0.4, -0.2) is 59.5 Å². The summed E-state index contributed by atoms with van der Waals surface area (Å²) in [5, 5.41) is 7.72. The van der Waals surface area contributed by atoms with Gasteiger partial charge in [-0.3, -0.25) is 9.67 Å².